The first kappa shape index (κ1) is 13.4. The van der Waals surface area contributed by atoms with E-state index in [1.54, 1.807) is 13.0 Å². The zero-order valence-corrected chi connectivity index (χ0v) is 11.8. The molecule has 104 valence electrons. The Bertz CT molecular complexity index is 734. The summed E-state index contributed by atoms with van der Waals surface area (Å²) in [5.74, 6) is 1.24. The van der Waals surface area contributed by atoms with Crippen molar-refractivity contribution in [2.24, 2.45) is 0 Å². The highest BCUT2D eigenvalue weighted by atomic mass is 16.3. The molecule has 0 atom stereocenters. The van der Waals surface area contributed by atoms with Crippen LogP contribution in [0.1, 0.15) is 28.6 Å². The van der Waals surface area contributed by atoms with Gasteiger partial charge in [0.2, 0.25) is 0 Å². The fourth-order valence-electron chi connectivity index (χ4n) is 2.58. The highest BCUT2D eigenvalue weighted by Gasteiger charge is 2.19. The van der Waals surface area contributed by atoms with Gasteiger partial charge in [0.15, 0.2) is 5.43 Å². The van der Waals surface area contributed by atoms with Gasteiger partial charge in [-0.05, 0) is 18.1 Å². The van der Waals surface area contributed by atoms with E-state index >= 15 is 0 Å². The zero-order valence-electron chi connectivity index (χ0n) is 11.8. The molecule has 3 aromatic rings. The summed E-state index contributed by atoms with van der Waals surface area (Å²) in [6.45, 7) is 1.80. The number of aryl methyl sites for hydroxylation is 1. The summed E-state index contributed by atoms with van der Waals surface area (Å²) in [5, 5.41) is 0. The van der Waals surface area contributed by atoms with Gasteiger partial charge in [-0.3, -0.25) is 4.79 Å². The Morgan fingerprint density at radius 2 is 1.33 bits per heavy atom. The summed E-state index contributed by atoms with van der Waals surface area (Å²) in [5.41, 5.74) is 2.19. The van der Waals surface area contributed by atoms with E-state index in [2.05, 4.69) is 24.3 Å². The molecule has 0 saturated carbocycles. The van der Waals surface area contributed by atoms with Gasteiger partial charge in [0.1, 0.15) is 11.5 Å². The first-order valence-electron chi connectivity index (χ1n) is 6.95. The number of hydrogen-bond donors (Lipinski definition) is 0. The molecule has 2 aromatic carbocycles. The lowest BCUT2D eigenvalue weighted by Crippen LogP contribution is -2.08. The minimum absolute atomic E-state index is 0.0226. The smallest absolute Gasteiger partial charge is 0.185 e. The van der Waals surface area contributed by atoms with E-state index in [0.29, 0.717) is 11.5 Å². The molecule has 0 aliphatic rings. The Labute approximate surface area is 123 Å². The predicted octanol–water partition coefficient (Wildman–Crippen LogP) is 4.13. The topological polar surface area (TPSA) is 30.2 Å². The molecule has 1 aromatic heterocycles. The third-order valence-electron chi connectivity index (χ3n) is 3.46. The van der Waals surface area contributed by atoms with Gasteiger partial charge in [-0.25, -0.2) is 0 Å². The van der Waals surface area contributed by atoms with E-state index in [9.17, 15) is 4.79 Å². The van der Waals surface area contributed by atoms with Crippen molar-refractivity contribution in [3.63, 3.8) is 0 Å². The standard InChI is InChI=1S/C19H16O2/c1-14-12-17(20)13-18(21-14)19(15-8-4-2-5-9-15)16-10-6-3-7-11-16/h2-13,19H,1H3. The second kappa shape index (κ2) is 5.80. The molecule has 0 bridgehead atoms. The molecule has 3 rings (SSSR count). The normalized spacial score (nSPS) is 10.8. The third-order valence-corrected chi connectivity index (χ3v) is 3.46. The molecule has 2 heteroatoms. The Kier molecular flexibility index (Phi) is 3.69. The molecule has 0 spiro atoms. The quantitative estimate of drug-likeness (QED) is 0.720. The van der Waals surface area contributed by atoms with Gasteiger partial charge >= 0.3 is 0 Å². The lowest BCUT2D eigenvalue weighted by atomic mass is 9.89. The molecule has 1 heterocycles. The second-order valence-electron chi connectivity index (χ2n) is 5.06. The Morgan fingerprint density at radius 1 is 0.810 bits per heavy atom. The molecule has 0 unspecified atom stereocenters. The van der Waals surface area contributed by atoms with Crippen LogP contribution in [0.15, 0.2) is 82.0 Å². The van der Waals surface area contributed by atoms with Gasteiger partial charge in [0, 0.05) is 12.1 Å². The van der Waals surface area contributed by atoms with Crippen molar-refractivity contribution in [2.45, 2.75) is 12.8 Å². The summed E-state index contributed by atoms with van der Waals surface area (Å²) in [4.78, 5) is 11.8. The summed E-state index contributed by atoms with van der Waals surface area (Å²) in [7, 11) is 0. The van der Waals surface area contributed by atoms with Gasteiger partial charge in [0.25, 0.3) is 0 Å². The van der Waals surface area contributed by atoms with Crippen molar-refractivity contribution in [1.82, 2.24) is 0 Å². The van der Waals surface area contributed by atoms with Crippen LogP contribution in [-0.4, -0.2) is 0 Å². The van der Waals surface area contributed by atoms with Crippen molar-refractivity contribution < 1.29 is 4.42 Å². The minimum Gasteiger partial charge on any atom is -0.465 e. The highest BCUT2D eigenvalue weighted by Crippen LogP contribution is 2.31. The number of rotatable bonds is 3. The van der Waals surface area contributed by atoms with Crippen molar-refractivity contribution in [3.05, 3.63) is 106 Å². The zero-order chi connectivity index (χ0) is 14.7. The van der Waals surface area contributed by atoms with Crippen molar-refractivity contribution in [2.75, 3.05) is 0 Å². The fraction of sp³-hybridized carbons (Fsp3) is 0.105. The monoisotopic (exact) mass is 276 g/mol. The van der Waals surface area contributed by atoms with E-state index in [1.165, 1.54) is 6.07 Å². The predicted molar refractivity (Wildman–Crippen MR) is 83.5 cm³/mol. The van der Waals surface area contributed by atoms with E-state index in [1.807, 2.05) is 36.4 Å². The highest BCUT2D eigenvalue weighted by molar-refractivity contribution is 5.39. The van der Waals surface area contributed by atoms with Crippen LogP contribution in [0, 0.1) is 6.92 Å². The van der Waals surface area contributed by atoms with E-state index < -0.39 is 0 Å². The van der Waals surface area contributed by atoms with Crippen LogP contribution in [0.4, 0.5) is 0 Å². The molecule has 0 aliphatic carbocycles. The Balaban J connectivity index is 2.19. The maximum atomic E-state index is 11.8. The van der Waals surface area contributed by atoms with Crippen LogP contribution in [0.5, 0.6) is 0 Å². The van der Waals surface area contributed by atoms with Gasteiger partial charge in [-0.15, -0.1) is 0 Å². The third kappa shape index (κ3) is 2.95. The van der Waals surface area contributed by atoms with E-state index in [-0.39, 0.29) is 11.3 Å². The molecule has 0 fully saturated rings. The van der Waals surface area contributed by atoms with E-state index in [0.717, 1.165) is 11.1 Å². The molecule has 0 N–H and O–H groups in total. The lowest BCUT2D eigenvalue weighted by Gasteiger charge is -2.17. The number of hydrogen-bond acceptors (Lipinski definition) is 2. The maximum absolute atomic E-state index is 11.8. The van der Waals surface area contributed by atoms with Gasteiger partial charge in [-0.2, -0.15) is 0 Å². The molecule has 0 radical (unpaired) electrons. The largest absolute Gasteiger partial charge is 0.465 e. The minimum atomic E-state index is -0.0694. The van der Waals surface area contributed by atoms with E-state index in [4.69, 9.17) is 4.42 Å². The summed E-state index contributed by atoms with van der Waals surface area (Å²) >= 11 is 0. The van der Waals surface area contributed by atoms with Crippen molar-refractivity contribution >= 4 is 0 Å². The van der Waals surface area contributed by atoms with Gasteiger partial charge in [-0.1, -0.05) is 60.7 Å². The Morgan fingerprint density at radius 3 is 1.81 bits per heavy atom. The molecule has 0 aliphatic heterocycles. The molecule has 0 saturated heterocycles. The molecular formula is C19H16O2. The van der Waals surface area contributed by atoms with Crippen LogP contribution >= 0.6 is 0 Å². The van der Waals surface area contributed by atoms with Crippen LogP contribution in [0.2, 0.25) is 0 Å². The van der Waals surface area contributed by atoms with Gasteiger partial charge < -0.3 is 4.42 Å². The van der Waals surface area contributed by atoms with Crippen molar-refractivity contribution in [3.8, 4) is 0 Å². The first-order valence-corrected chi connectivity index (χ1v) is 6.95. The molecule has 2 nitrogen and oxygen atoms in total. The summed E-state index contributed by atoms with van der Waals surface area (Å²) < 4.78 is 5.83. The lowest BCUT2D eigenvalue weighted by molar-refractivity contribution is 0.458. The summed E-state index contributed by atoms with van der Waals surface area (Å²) in [6, 6.07) is 23.3. The van der Waals surface area contributed by atoms with Crippen LogP contribution in [0.3, 0.4) is 0 Å². The summed E-state index contributed by atoms with van der Waals surface area (Å²) in [6.07, 6.45) is 0. The maximum Gasteiger partial charge on any atom is 0.185 e. The molecular weight excluding hydrogens is 260 g/mol. The van der Waals surface area contributed by atoms with Crippen molar-refractivity contribution in [1.29, 1.82) is 0 Å². The average Bonchev–Trinajstić information content (AvgIpc) is 2.49. The number of benzene rings is 2. The van der Waals surface area contributed by atoms with Crippen LogP contribution < -0.4 is 5.43 Å². The van der Waals surface area contributed by atoms with Crippen LogP contribution in [-0.2, 0) is 0 Å². The SMILES string of the molecule is Cc1cc(=O)cc(C(c2ccccc2)c2ccccc2)o1. The fourth-order valence-corrected chi connectivity index (χ4v) is 2.58. The first-order chi connectivity index (χ1) is 10.2. The van der Waals surface area contributed by atoms with Gasteiger partial charge in [0.05, 0.1) is 5.92 Å². The molecule has 0 amide bonds. The Hall–Kier alpha value is -2.61. The second-order valence-corrected chi connectivity index (χ2v) is 5.06. The molecule has 21 heavy (non-hydrogen) atoms. The van der Waals surface area contributed by atoms with Crippen LogP contribution in [0.25, 0.3) is 0 Å². The average molecular weight is 276 g/mol.